The first-order valence-electron chi connectivity index (χ1n) is 11.7. The Kier molecular flexibility index (Phi) is 6.73. The van der Waals surface area contributed by atoms with E-state index in [4.69, 9.17) is 15.0 Å². The van der Waals surface area contributed by atoms with E-state index < -0.39 is 0 Å². The van der Waals surface area contributed by atoms with E-state index in [-0.39, 0.29) is 5.56 Å². The molecule has 0 amide bonds. The molecule has 0 aliphatic carbocycles. The van der Waals surface area contributed by atoms with Gasteiger partial charge >= 0.3 is 0 Å². The molecule has 37 heavy (non-hydrogen) atoms. The van der Waals surface area contributed by atoms with Gasteiger partial charge < -0.3 is 10.1 Å². The lowest BCUT2D eigenvalue weighted by Gasteiger charge is -2.14. The summed E-state index contributed by atoms with van der Waals surface area (Å²) in [6, 6.07) is 28.1. The number of benzene rings is 3. The number of methoxy groups -OCH3 is 1. The molecule has 5 aromatic rings. The molecule has 5 rings (SSSR count). The Balaban J connectivity index is 1.54. The summed E-state index contributed by atoms with van der Waals surface area (Å²) in [6.45, 7) is 0.511. The van der Waals surface area contributed by atoms with E-state index in [1.54, 1.807) is 36.1 Å². The first-order valence-corrected chi connectivity index (χ1v) is 11.7. The van der Waals surface area contributed by atoms with Crippen LogP contribution in [-0.4, -0.2) is 21.6 Å². The van der Waals surface area contributed by atoms with Crippen molar-refractivity contribution in [2.24, 2.45) is 0 Å². The molecule has 0 spiro atoms. The molecular weight excluding hydrogens is 462 g/mol. The van der Waals surface area contributed by atoms with Gasteiger partial charge in [0.25, 0.3) is 5.56 Å². The maximum atomic E-state index is 13.6. The largest absolute Gasteiger partial charge is 0.481 e. The first kappa shape index (κ1) is 23.5. The highest BCUT2D eigenvalue weighted by Gasteiger charge is 2.12. The van der Waals surface area contributed by atoms with Gasteiger partial charge in [0.2, 0.25) is 5.88 Å². The fourth-order valence-corrected chi connectivity index (χ4v) is 4.05. The number of pyridine rings is 1. The highest BCUT2D eigenvalue weighted by molar-refractivity contribution is 5.80. The minimum absolute atomic E-state index is 0.156. The number of rotatable bonds is 7. The van der Waals surface area contributed by atoms with Crippen molar-refractivity contribution >= 4 is 28.7 Å². The lowest BCUT2D eigenvalue weighted by molar-refractivity contribution is 0.393. The van der Waals surface area contributed by atoms with E-state index in [0.717, 1.165) is 16.8 Å². The van der Waals surface area contributed by atoms with E-state index in [1.165, 1.54) is 0 Å². The molecule has 2 heterocycles. The molecular formula is C30H23N5O2. The number of aromatic nitrogens is 3. The molecule has 7 heteroatoms. The molecule has 0 aliphatic heterocycles. The number of hydrogen-bond acceptors (Lipinski definition) is 6. The van der Waals surface area contributed by atoms with E-state index >= 15 is 0 Å². The Morgan fingerprint density at radius 1 is 1.00 bits per heavy atom. The summed E-state index contributed by atoms with van der Waals surface area (Å²) in [6.07, 6.45) is 5.38. The number of para-hydroxylation sites is 1. The van der Waals surface area contributed by atoms with Gasteiger partial charge in [0.15, 0.2) is 0 Å². The standard InChI is InChI=1S/C30H23N5O2/c1-37-29-23(6-5-17-32-29)20-33-24-7-4-8-25(18-24)35-28(16-15-21-11-13-22(19-31)14-12-21)34-27-10-3-2-9-26(27)30(35)36/h2-18,33H,20H2,1H3/b16-15+. The Morgan fingerprint density at radius 2 is 1.84 bits per heavy atom. The summed E-state index contributed by atoms with van der Waals surface area (Å²) in [5.74, 6) is 1.07. The van der Waals surface area contributed by atoms with Crippen LogP contribution in [-0.2, 0) is 6.54 Å². The van der Waals surface area contributed by atoms with Gasteiger partial charge in [-0.1, -0.05) is 42.5 Å². The molecule has 3 aromatic carbocycles. The highest BCUT2D eigenvalue weighted by Crippen LogP contribution is 2.21. The second-order valence-electron chi connectivity index (χ2n) is 8.27. The van der Waals surface area contributed by atoms with Crippen LogP contribution >= 0.6 is 0 Å². The first-order chi connectivity index (χ1) is 18.2. The predicted molar refractivity (Wildman–Crippen MR) is 146 cm³/mol. The third kappa shape index (κ3) is 5.09. The molecule has 0 atom stereocenters. The smallest absolute Gasteiger partial charge is 0.266 e. The van der Waals surface area contributed by atoms with Crippen molar-refractivity contribution < 1.29 is 4.74 Å². The van der Waals surface area contributed by atoms with Gasteiger partial charge in [0.05, 0.1) is 35.3 Å². The van der Waals surface area contributed by atoms with Crippen molar-refractivity contribution in [1.29, 1.82) is 5.26 Å². The van der Waals surface area contributed by atoms with Crippen LogP contribution in [0.3, 0.4) is 0 Å². The van der Waals surface area contributed by atoms with Crippen LogP contribution in [0, 0.1) is 11.3 Å². The number of nitrogens with one attached hydrogen (secondary N) is 1. The molecule has 180 valence electrons. The van der Waals surface area contributed by atoms with Gasteiger partial charge in [-0.25, -0.2) is 9.97 Å². The van der Waals surface area contributed by atoms with Crippen molar-refractivity contribution in [3.05, 3.63) is 124 Å². The zero-order valence-electron chi connectivity index (χ0n) is 20.1. The topological polar surface area (TPSA) is 92.8 Å². The predicted octanol–water partition coefficient (Wildman–Crippen LogP) is 5.44. The van der Waals surface area contributed by atoms with Gasteiger partial charge in [-0.15, -0.1) is 0 Å². The molecule has 0 fully saturated rings. The second kappa shape index (κ2) is 10.6. The Labute approximate surface area is 214 Å². The van der Waals surface area contributed by atoms with Crippen LogP contribution in [0.4, 0.5) is 5.69 Å². The number of nitrogens with zero attached hydrogens (tertiary/aromatic N) is 4. The number of fused-ring (bicyclic) bond motifs is 1. The van der Waals surface area contributed by atoms with E-state index in [1.807, 2.05) is 78.9 Å². The van der Waals surface area contributed by atoms with E-state index in [9.17, 15) is 4.79 Å². The molecule has 1 N–H and O–H groups in total. The molecule has 0 bridgehead atoms. The van der Waals surface area contributed by atoms with Crippen LogP contribution in [0.5, 0.6) is 5.88 Å². The monoisotopic (exact) mass is 485 g/mol. The van der Waals surface area contributed by atoms with Crippen molar-refractivity contribution in [1.82, 2.24) is 14.5 Å². The normalized spacial score (nSPS) is 10.9. The van der Waals surface area contributed by atoms with Crippen LogP contribution in [0.25, 0.3) is 28.7 Å². The van der Waals surface area contributed by atoms with Gasteiger partial charge in [-0.3, -0.25) is 9.36 Å². The fourth-order valence-electron chi connectivity index (χ4n) is 4.05. The second-order valence-corrected chi connectivity index (χ2v) is 8.27. The average molecular weight is 486 g/mol. The summed E-state index contributed by atoms with van der Waals surface area (Å²) in [7, 11) is 1.60. The van der Waals surface area contributed by atoms with Gasteiger partial charge in [-0.05, 0) is 60.2 Å². The molecule has 2 aromatic heterocycles. The van der Waals surface area contributed by atoms with E-state index in [2.05, 4.69) is 16.4 Å². The van der Waals surface area contributed by atoms with Crippen molar-refractivity contribution in [3.63, 3.8) is 0 Å². The zero-order chi connectivity index (χ0) is 25.6. The number of nitriles is 1. The highest BCUT2D eigenvalue weighted by atomic mass is 16.5. The lowest BCUT2D eigenvalue weighted by Crippen LogP contribution is -2.22. The Bertz CT molecular complexity index is 1700. The summed E-state index contributed by atoms with van der Waals surface area (Å²) < 4.78 is 6.96. The molecule has 0 aliphatic rings. The van der Waals surface area contributed by atoms with Crippen LogP contribution in [0.15, 0.2) is 95.9 Å². The third-order valence-corrected chi connectivity index (χ3v) is 5.90. The number of hydrogen-bond donors (Lipinski definition) is 1. The van der Waals surface area contributed by atoms with Crippen LogP contribution in [0.2, 0.25) is 0 Å². The number of anilines is 1. The minimum atomic E-state index is -0.156. The summed E-state index contributed by atoms with van der Waals surface area (Å²) in [4.78, 5) is 22.7. The Morgan fingerprint density at radius 3 is 2.65 bits per heavy atom. The quantitative estimate of drug-likeness (QED) is 0.330. The summed E-state index contributed by atoms with van der Waals surface area (Å²) >= 11 is 0. The number of ether oxygens (including phenoxy) is 1. The molecule has 0 radical (unpaired) electrons. The van der Waals surface area contributed by atoms with Gasteiger partial charge in [-0.2, -0.15) is 5.26 Å². The zero-order valence-corrected chi connectivity index (χ0v) is 20.1. The summed E-state index contributed by atoms with van der Waals surface area (Å²) in [5.41, 5.74) is 4.40. The third-order valence-electron chi connectivity index (χ3n) is 5.90. The maximum absolute atomic E-state index is 13.6. The molecule has 0 saturated heterocycles. The van der Waals surface area contributed by atoms with Crippen molar-refractivity contribution in [2.45, 2.75) is 6.54 Å². The van der Waals surface area contributed by atoms with Gasteiger partial charge in [0.1, 0.15) is 5.82 Å². The average Bonchev–Trinajstić information content (AvgIpc) is 2.95. The van der Waals surface area contributed by atoms with Crippen LogP contribution < -0.4 is 15.6 Å². The Hall–Kier alpha value is -5.22. The van der Waals surface area contributed by atoms with Crippen molar-refractivity contribution in [3.8, 4) is 17.6 Å². The maximum Gasteiger partial charge on any atom is 0.266 e. The molecule has 0 saturated carbocycles. The molecule has 0 unspecified atom stereocenters. The fraction of sp³-hybridized carbons (Fsp3) is 0.0667. The van der Waals surface area contributed by atoms with Crippen molar-refractivity contribution in [2.75, 3.05) is 12.4 Å². The lowest BCUT2D eigenvalue weighted by atomic mass is 10.1. The minimum Gasteiger partial charge on any atom is -0.481 e. The van der Waals surface area contributed by atoms with E-state index in [0.29, 0.717) is 40.4 Å². The summed E-state index contributed by atoms with van der Waals surface area (Å²) in [5, 5.41) is 13.0. The SMILES string of the molecule is COc1ncccc1CNc1cccc(-n2c(/C=C/c3ccc(C#N)cc3)nc3ccccc3c2=O)c1. The van der Waals surface area contributed by atoms with Crippen LogP contribution in [0.1, 0.15) is 22.5 Å². The van der Waals surface area contributed by atoms with Gasteiger partial charge in [0, 0.05) is 24.0 Å². The molecule has 7 nitrogen and oxygen atoms in total.